The van der Waals surface area contributed by atoms with Gasteiger partial charge in [-0.05, 0) is 11.6 Å². The van der Waals surface area contributed by atoms with Crippen molar-refractivity contribution in [2.75, 3.05) is 7.11 Å². The number of ether oxygens (including phenoxy) is 1. The van der Waals surface area contributed by atoms with E-state index in [1.54, 1.807) is 0 Å². The van der Waals surface area contributed by atoms with E-state index in [2.05, 4.69) is 14.7 Å². The number of hydrogen-bond donors (Lipinski definition) is 0. The van der Waals surface area contributed by atoms with Crippen LogP contribution >= 0.6 is 11.6 Å². The summed E-state index contributed by atoms with van der Waals surface area (Å²) in [4.78, 5) is 17.5. The molecule has 0 spiro atoms. The summed E-state index contributed by atoms with van der Waals surface area (Å²) >= 11 is 5.32. The second-order valence-electron chi connectivity index (χ2n) is 1.83. The largest absolute Gasteiger partial charge is 0.464 e. The summed E-state index contributed by atoms with van der Waals surface area (Å²) in [7, 11) is 1.12. The number of esters is 1. The van der Waals surface area contributed by atoms with Crippen LogP contribution in [0.25, 0.3) is 0 Å². The van der Waals surface area contributed by atoms with Gasteiger partial charge in [0.15, 0.2) is 11.5 Å². The molecule has 1 rings (SSSR count). The van der Waals surface area contributed by atoms with Gasteiger partial charge in [0.05, 0.1) is 13.3 Å². The van der Waals surface area contributed by atoms with Crippen LogP contribution in [0.2, 0.25) is 5.28 Å². The van der Waals surface area contributed by atoms with Crippen LogP contribution in [0.3, 0.4) is 0 Å². The molecule has 64 valence electrons. The summed E-state index contributed by atoms with van der Waals surface area (Å²) in [6.07, 6.45) is 0.807. The van der Waals surface area contributed by atoms with Crippen molar-refractivity contribution in [1.82, 2.24) is 9.97 Å². The molecule has 0 aliphatic rings. The summed E-state index contributed by atoms with van der Waals surface area (Å²) in [5, 5.41) is -0.197. The molecular formula is C6H4ClFN2O2. The first-order chi connectivity index (χ1) is 5.65. The highest BCUT2D eigenvalue weighted by Crippen LogP contribution is 2.07. The lowest BCUT2D eigenvalue weighted by atomic mass is 10.4. The minimum absolute atomic E-state index is 0.197. The molecule has 12 heavy (non-hydrogen) atoms. The Morgan fingerprint density at radius 1 is 1.75 bits per heavy atom. The number of aromatic nitrogens is 2. The Bertz CT molecular complexity index is 318. The first kappa shape index (κ1) is 8.86. The van der Waals surface area contributed by atoms with Crippen LogP contribution in [0.1, 0.15) is 10.5 Å². The van der Waals surface area contributed by atoms with Gasteiger partial charge in [-0.3, -0.25) is 0 Å². The van der Waals surface area contributed by atoms with Gasteiger partial charge in [-0.25, -0.2) is 19.2 Å². The molecule has 1 heterocycles. The summed E-state index contributed by atoms with van der Waals surface area (Å²) in [5.74, 6) is -1.73. The van der Waals surface area contributed by atoms with E-state index in [1.165, 1.54) is 0 Å². The maximum atomic E-state index is 12.7. The first-order valence-electron chi connectivity index (χ1n) is 2.91. The predicted octanol–water partition coefficient (Wildman–Crippen LogP) is 1.06. The first-order valence-corrected chi connectivity index (χ1v) is 3.29. The lowest BCUT2D eigenvalue weighted by Gasteiger charge is -1.98. The number of carbonyl (C=O) groups is 1. The van der Waals surface area contributed by atoms with E-state index in [1.807, 2.05) is 0 Å². The number of carbonyl (C=O) groups excluding carboxylic acids is 1. The van der Waals surface area contributed by atoms with E-state index in [9.17, 15) is 9.18 Å². The fraction of sp³-hybridized carbons (Fsp3) is 0.167. The molecule has 0 atom stereocenters. The summed E-state index contributed by atoms with van der Waals surface area (Å²) in [6, 6.07) is 0. The number of halogens is 2. The van der Waals surface area contributed by atoms with Crippen LogP contribution in [-0.4, -0.2) is 23.0 Å². The number of rotatable bonds is 1. The van der Waals surface area contributed by atoms with Crippen molar-refractivity contribution in [2.45, 2.75) is 0 Å². The monoisotopic (exact) mass is 190 g/mol. The van der Waals surface area contributed by atoms with Crippen LogP contribution in [-0.2, 0) is 4.74 Å². The number of nitrogens with zero attached hydrogens (tertiary/aromatic N) is 2. The minimum Gasteiger partial charge on any atom is -0.464 e. The molecule has 0 amide bonds. The summed E-state index contributed by atoms with van der Waals surface area (Å²) in [6.45, 7) is 0. The average Bonchev–Trinajstić information content (AvgIpc) is 2.08. The average molecular weight is 191 g/mol. The van der Waals surface area contributed by atoms with E-state index < -0.39 is 17.5 Å². The van der Waals surface area contributed by atoms with E-state index in [-0.39, 0.29) is 5.28 Å². The second-order valence-corrected chi connectivity index (χ2v) is 2.17. The van der Waals surface area contributed by atoms with Crippen LogP contribution in [0.5, 0.6) is 0 Å². The van der Waals surface area contributed by atoms with Gasteiger partial charge < -0.3 is 4.74 Å². The van der Waals surface area contributed by atoms with Crippen LogP contribution in [0.15, 0.2) is 6.20 Å². The van der Waals surface area contributed by atoms with Gasteiger partial charge in [-0.2, -0.15) is 0 Å². The normalized spacial score (nSPS) is 9.58. The highest BCUT2D eigenvalue weighted by molar-refractivity contribution is 6.28. The Labute approximate surface area is 72.3 Å². The number of methoxy groups -OCH3 is 1. The minimum atomic E-state index is -0.878. The maximum absolute atomic E-state index is 12.7. The molecule has 1 aromatic rings. The third kappa shape index (κ3) is 1.68. The Kier molecular flexibility index (Phi) is 2.54. The van der Waals surface area contributed by atoms with Crippen LogP contribution in [0.4, 0.5) is 4.39 Å². The van der Waals surface area contributed by atoms with Crippen molar-refractivity contribution in [3.63, 3.8) is 0 Å². The lowest BCUT2D eigenvalue weighted by molar-refractivity contribution is 0.0588. The molecule has 0 aliphatic carbocycles. The zero-order valence-corrected chi connectivity index (χ0v) is 6.80. The van der Waals surface area contributed by atoms with Crippen molar-refractivity contribution in [3.05, 3.63) is 23.0 Å². The molecule has 0 aromatic carbocycles. The quantitative estimate of drug-likeness (QED) is 0.491. The molecule has 0 unspecified atom stereocenters. The third-order valence-corrected chi connectivity index (χ3v) is 1.28. The van der Waals surface area contributed by atoms with Crippen molar-refractivity contribution in [3.8, 4) is 0 Å². The Balaban J connectivity index is 3.13. The second kappa shape index (κ2) is 3.44. The molecule has 6 heteroatoms. The van der Waals surface area contributed by atoms with Gasteiger partial charge in [0, 0.05) is 0 Å². The SMILES string of the molecule is COC(=O)c1nc(Cl)ncc1F. The predicted molar refractivity (Wildman–Crippen MR) is 38.3 cm³/mol. The van der Waals surface area contributed by atoms with Crippen LogP contribution < -0.4 is 0 Å². The zero-order valence-electron chi connectivity index (χ0n) is 6.04. The van der Waals surface area contributed by atoms with E-state index in [0.717, 1.165) is 13.3 Å². The molecule has 0 saturated carbocycles. The zero-order chi connectivity index (χ0) is 9.14. The topological polar surface area (TPSA) is 52.1 Å². The van der Waals surface area contributed by atoms with Crippen molar-refractivity contribution in [2.24, 2.45) is 0 Å². The fourth-order valence-corrected chi connectivity index (χ4v) is 0.719. The van der Waals surface area contributed by atoms with Crippen molar-refractivity contribution >= 4 is 17.6 Å². The summed E-state index contributed by atoms with van der Waals surface area (Å²) in [5.41, 5.74) is -0.461. The van der Waals surface area contributed by atoms with Gasteiger partial charge in [0.25, 0.3) is 0 Å². The third-order valence-electron chi connectivity index (χ3n) is 1.09. The number of hydrogen-bond acceptors (Lipinski definition) is 4. The Hall–Kier alpha value is -1.23. The molecule has 0 aliphatic heterocycles. The lowest BCUT2D eigenvalue weighted by Crippen LogP contribution is -2.08. The molecule has 1 aromatic heterocycles. The van der Waals surface area contributed by atoms with E-state index in [4.69, 9.17) is 11.6 Å². The van der Waals surface area contributed by atoms with Gasteiger partial charge in [-0.1, -0.05) is 0 Å². The van der Waals surface area contributed by atoms with Gasteiger partial charge in [0.1, 0.15) is 0 Å². The van der Waals surface area contributed by atoms with Crippen LogP contribution in [0, 0.1) is 5.82 Å². The Morgan fingerprint density at radius 2 is 2.42 bits per heavy atom. The smallest absolute Gasteiger partial charge is 0.359 e. The molecule has 0 bridgehead atoms. The molecule has 0 fully saturated rings. The molecule has 0 saturated heterocycles. The maximum Gasteiger partial charge on any atom is 0.359 e. The van der Waals surface area contributed by atoms with Crippen molar-refractivity contribution < 1.29 is 13.9 Å². The molecule has 0 N–H and O–H groups in total. The molecule has 4 nitrogen and oxygen atoms in total. The van der Waals surface area contributed by atoms with Crippen molar-refractivity contribution in [1.29, 1.82) is 0 Å². The van der Waals surface area contributed by atoms with Gasteiger partial charge in [-0.15, -0.1) is 0 Å². The highest BCUT2D eigenvalue weighted by Gasteiger charge is 2.14. The summed E-state index contributed by atoms with van der Waals surface area (Å²) < 4.78 is 17.0. The Morgan fingerprint density at radius 3 is 3.00 bits per heavy atom. The van der Waals surface area contributed by atoms with Gasteiger partial charge in [0.2, 0.25) is 5.28 Å². The van der Waals surface area contributed by atoms with E-state index in [0.29, 0.717) is 0 Å². The molecule has 0 radical (unpaired) electrons. The van der Waals surface area contributed by atoms with Gasteiger partial charge >= 0.3 is 5.97 Å². The van der Waals surface area contributed by atoms with E-state index >= 15 is 0 Å². The molecular weight excluding hydrogens is 187 g/mol. The highest BCUT2D eigenvalue weighted by atomic mass is 35.5. The fourth-order valence-electron chi connectivity index (χ4n) is 0.585. The standard InChI is InChI=1S/C6H4ClFN2O2/c1-12-5(11)4-3(8)2-9-6(7)10-4/h2H,1H3.